The van der Waals surface area contributed by atoms with Crippen molar-refractivity contribution in [2.45, 2.75) is 25.3 Å². The number of hydrogen-bond donors (Lipinski definition) is 1. The summed E-state index contributed by atoms with van der Waals surface area (Å²) in [4.78, 5) is 44.0. The van der Waals surface area contributed by atoms with Gasteiger partial charge in [0, 0.05) is 18.7 Å². The van der Waals surface area contributed by atoms with E-state index in [2.05, 4.69) is 15.2 Å². The van der Waals surface area contributed by atoms with Crippen LogP contribution in [0.15, 0.2) is 62.6 Å². The third-order valence-electron chi connectivity index (χ3n) is 5.83. The summed E-state index contributed by atoms with van der Waals surface area (Å²) in [7, 11) is 0. The molecule has 4 aromatic rings. The zero-order chi connectivity index (χ0) is 22.9. The number of carbonyl (C=O) groups is 1. The fourth-order valence-electron chi connectivity index (χ4n) is 4.14. The number of H-pyrrole nitrogens is 1. The van der Waals surface area contributed by atoms with Gasteiger partial charge in [0.2, 0.25) is 17.6 Å². The van der Waals surface area contributed by atoms with Gasteiger partial charge in [-0.3, -0.25) is 19.5 Å². The Morgan fingerprint density at radius 1 is 1.15 bits per heavy atom. The van der Waals surface area contributed by atoms with Crippen molar-refractivity contribution in [1.29, 1.82) is 0 Å². The summed E-state index contributed by atoms with van der Waals surface area (Å²) < 4.78 is 19.9. The molecule has 2 aromatic carbocycles. The van der Waals surface area contributed by atoms with Crippen LogP contribution in [0.5, 0.6) is 0 Å². The standard InChI is InChI=1S/C23H20FN5O4/c24-16-7-3-5-14(11-16)20-25-22(33-27-20)15-6-4-10-28(12-15)19(30)13-29-23(32)18-9-2-1-8-17(18)21(31)26-29/h1-3,5,7-9,11,15H,4,6,10,12-13H2,(H,26,31). The molecule has 3 heterocycles. The minimum absolute atomic E-state index is 0.176. The van der Waals surface area contributed by atoms with Crippen LogP contribution in [0.1, 0.15) is 24.7 Å². The minimum atomic E-state index is -0.427. The van der Waals surface area contributed by atoms with Crippen LogP contribution in [0, 0.1) is 5.82 Å². The number of likely N-dealkylation sites (tertiary alicyclic amines) is 1. The molecule has 2 aromatic heterocycles. The van der Waals surface area contributed by atoms with Gasteiger partial charge in [-0.15, -0.1) is 0 Å². The molecule has 0 radical (unpaired) electrons. The molecule has 0 aliphatic carbocycles. The number of hydrogen-bond acceptors (Lipinski definition) is 6. The first-order valence-corrected chi connectivity index (χ1v) is 10.6. The molecule has 0 bridgehead atoms. The second-order valence-electron chi connectivity index (χ2n) is 8.02. The molecule has 33 heavy (non-hydrogen) atoms. The zero-order valence-corrected chi connectivity index (χ0v) is 17.5. The van der Waals surface area contributed by atoms with Crippen molar-refractivity contribution < 1.29 is 13.7 Å². The highest BCUT2D eigenvalue weighted by Gasteiger charge is 2.29. The Balaban J connectivity index is 1.33. The fourth-order valence-corrected chi connectivity index (χ4v) is 4.14. The lowest BCUT2D eigenvalue weighted by molar-refractivity contribution is -0.133. The Kier molecular flexibility index (Phi) is 5.33. The van der Waals surface area contributed by atoms with E-state index >= 15 is 0 Å². The number of aromatic amines is 1. The molecule has 10 heteroatoms. The SMILES string of the molecule is O=C(Cn1[nH]c(=O)c2ccccc2c1=O)N1CCCC(c2nc(-c3cccc(F)c3)no2)C1. The highest BCUT2D eigenvalue weighted by Crippen LogP contribution is 2.28. The number of nitrogens with one attached hydrogen (secondary N) is 1. The van der Waals surface area contributed by atoms with Crippen LogP contribution in [0.3, 0.4) is 0 Å². The number of amides is 1. The molecule has 9 nitrogen and oxygen atoms in total. The van der Waals surface area contributed by atoms with E-state index in [1.165, 1.54) is 12.1 Å². The molecule has 1 atom stereocenters. The number of carbonyl (C=O) groups excluding carboxylic acids is 1. The quantitative estimate of drug-likeness (QED) is 0.511. The monoisotopic (exact) mass is 449 g/mol. The molecule has 0 saturated carbocycles. The van der Waals surface area contributed by atoms with Gasteiger partial charge in [0.1, 0.15) is 12.4 Å². The van der Waals surface area contributed by atoms with E-state index < -0.39 is 16.9 Å². The molecule has 1 aliphatic heterocycles. The average Bonchev–Trinajstić information content (AvgIpc) is 3.33. The van der Waals surface area contributed by atoms with Gasteiger partial charge >= 0.3 is 0 Å². The summed E-state index contributed by atoms with van der Waals surface area (Å²) in [5.74, 6) is -0.200. The summed E-state index contributed by atoms with van der Waals surface area (Å²) >= 11 is 0. The van der Waals surface area contributed by atoms with Gasteiger partial charge in [-0.2, -0.15) is 4.98 Å². The maximum absolute atomic E-state index is 13.5. The van der Waals surface area contributed by atoms with Gasteiger partial charge in [-0.25, -0.2) is 9.07 Å². The number of benzene rings is 2. The smallest absolute Gasteiger partial charge is 0.273 e. The molecule has 1 saturated heterocycles. The van der Waals surface area contributed by atoms with Crippen molar-refractivity contribution in [2.75, 3.05) is 13.1 Å². The largest absolute Gasteiger partial charge is 0.340 e. The second-order valence-corrected chi connectivity index (χ2v) is 8.02. The lowest BCUT2D eigenvalue weighted by atomic mass is 9.98. The predicted octanol–water partition coefficient (Wildman–Crippen LogP) is 2.29. The summed E-state index contributed by atoms with van der Waals surface area (Å²) in [6.07, 6.45) is 1.47. The molecular formula is C23H20FN5O4. The van der Waals surface area contributed by atoms with Gasteiger partial charge in [0.25, 0.3) is 11.1 Å². The van der Waals surface area contributed by atoms with Crippen molar-refractivity contribution in [3.05, 3.63) is 80.9 Å². The maximum atomic E-state index is 13.5. The van der Waals surface area contributed by atoms with Crippen LogP contribution in [-0.4, -0.2) is 43.8 Å². The number of rotatable bonds is 4. The summed E-state index contributed by atoms with van der Waals surface area (Å²) in [5, 5.41) is 6.99. The molecule has 168 valence electrons. The van der Waals surface area contributed by atoms with Crippen molar-refractivity contribution in [1.82, 2.24) is 24.8 Å². The summed E-state index contributed by atoms with van der Waals surface area (Å²) in [6.45, 7) is 0.590. The van der Waals surface area contributed by atoms with Crippen LogP contribution >= 0.6 is 0 Å². The first-order chi connectivity index (χ1) is 16.0. The van der Waals surface area contributed by atoms with E-state index in [0.717, 1.165) is 17.5 Å². The Morgan fingerprint density at radius 3 is 2.79 bits per heavy atom. The lowest BCUT2D eigenvalue weighted by Gasteiger charge is -2.31. The summed E-state index contributed by atoms with van der Waals surface area (Å²) in [6, 6.07) is 12.4. The third-order valence-corrected chi connectivity index (χ3v) is 5.83. The third kappa shape index (κ3) is 4.07. The fraction of sp³-hybridized carbons (Fsp3) is 0.261. The predicted molar refractivity (Wildman–Crippen MR) is 117 cm³/mol. The van der Waals surface area contributed by atoms with Crippen molar-refractivity contribution in [3.8, 4) is 11.4 Å². The van der Waals surface area contributed by atoms with Crippen molar-refractivity contribution >= 4 is 16.7 Å². The van der Waals surface area contributed by atoms with Crippen LogP contribution < -0.4 is 11.1 Å². The number of nitrogens with zero attached hydrogens (tertiary/aromatic N) is 4. The number of aromatic nitrogens is 4. The first kappa shape index (κ1) is 20.8. The van der Waals surface area contributed by atoms with Gasteiger partial charge in [0.15, 0.2) is 0 Å². The van der Waals surface area contributed by atoms with Gasteiger partial charge in [-0.1, -0.05) is 29.4 Å². The zero-order valence-electron chi connectivity index (χ0n) is 17.5. The molecular weight excluding hydrogens is 429 g/mol. The Bertz CT molecular complexity index is 1460. The van der Waals surface area contributed by atoms with Crippen molar-refractivity contribution in [2.24, 2.45) is 0 Å². The lowest BCUT2D eigenvalue weighted by Crippen LogP contribution is -2.43. The molecule has 1 unspecified atom stereocenters. The summed E-state index contributed by atoms with van der Waals surface area (Å²) in [5.41, 5.74) is -0.345. The Labute approximate surface area is 186 Å². The molecule has 1 aliphatic rings. The number of piperidine rings is 1. The molecule has 1 N–H and O–H groups in total. The van der Waals surface area contributed by atoms with E-state index in [1.54, 1.807) is 41.3 Å². The van der Waals surface area contributed by atoms with E-state index in [1.807, 2.05) is 0 Å². The van der Waals surface area contributed by atoms with Crippen molar-refractivity contribution in [3.63, 3.8) is 0 Å². The number of halogens is 1. The van der Waals surface area contributed by atoms with E-state index in [4.69, 9.17) is 4.52 Å². The average molecular weight is 449 g/mol. The highest BCUT2D eigenvalue weighted by atomic mass is 19.1. The second kappa shape index (κ2) is 8.45. The van der Waals surface area contributed by atoms with E-state index in [-0.39, 0.29) is 35.0 Å². The minimum Gasteiger partial charge on any atom is -0.340 e. The normalized spacial score (nSPS) is 16.3. The van der Waals surface area contributed by atoms with Gasteiger partial charge in [-0.05, 0) is 37.1 Å². The van der Waals surface area contributed by atoms with Crippen LogP contribution in [-0.2, 0) is 11.3 Å². The molecule has 1 fully saturated rings. The first-order valence-electron chi connectivity index (χ1n) is 10.6. The Morgan fingerprint density at radius 2 is 1.97 bits per heavy atom. The Hall–Kier alpha value is -4.08. The van der Waals surface area contributed by atoms with Gasteiger partial charge in [0.05, 0.1) is 16.7 Å². The molecule has 1 amide bonds. The topological polar surface area (TPSA) is 114 Å². The van der Waals surface area contributed by atoms with Crippen LogP contribution in [0.4, 0.5) is 4.39 Å². The van der Waals surface area contributed by atoms with E-state index in [0.29, 0.717) is 24.5 Å². The van der Waals surface area contributed by atoms with Gasteiger partial charge < -0.3 is 9.42 Å². The molecule has 5 rings (SSSR count). The highest BCUT2D eigenvalue weighted by molar-refractivity contribution is 5.81. The molecule has 0 spiro atoms. The van der Waals surface area contributed by atoms with Crippen LogP contribution in [0.25, 0.3) is 22.2 Å². The number of fused-ring (bicyclic) bond motifs is 1. The van der Waals surface area contributed by atoms with E-state index in [9.17, 15) is 18.8 Å². The maximum Gasteiger partial charge on any atom is 0.273 e. The van der Waals surface area contributed by atoms with Crippen LogP contribution in [0.2, 0.25) is 0 Å².